The molecule has 2 aliphatic heterocycles. The van der Waals surface area contributed by atoms with Gasteiger partial charge in [0.05, 0.1) is 5.69 Å². The number of carbonyl (C=O) groups is 2. The molecular weight excluding hydrogens is 423 g/mol. The fourth-order valence-electron chi connectivity index (χ4n) is 5.15. The third-order valence-electron chi connectivity index (χ3n) is 6.77. The number of carbonyl (C=O) groups excluding carboxylic acids is 2. The molecule has 1 aromatic heterocycles. The molecule has 2 N–H and O–H groups in total. The molecule has 0 aliphatic carbocycles. The van der Waals surface area contributed by atoms with Gasteiger partial charge in [0.2, 0.25) is 5.91 Å². The summed E-state index contributed by atoms with van der Waals surface area (Å²) in [6.45, 7) is 1.68. The second-order valence-electron chi connectivity index (χ2n) is 8.83. The predicted molar refractivity (Wildman–Crippen MR) is 109 cm³/mol. The molecule has 4 rings (SSSR count). The number of nitrogens with two attached hydrogens (primary N) is 1. The van der Waals surface area contributed by atoms with E-state index < -0.39 is 23.5 Å². The van der Waals surface area contributed by atoms with Gasteiger partial charge in [-0.1, -0.05) is 0 Å². The molecule has 172 valence electrons. The number of ketones is 1. The number of Topliss-reactive ketones (excluding diaryl/α,β-unsaturated/α-hetero) is 1. The lowest BCUT2D eigenvalue weighted by atomic mass is 9.82. The van der Waals surface area contributed by atoms with E-state index in [0.29, 0.717) is 24.6 Å². The monoisotopic (exact) mass is 449 g/mol. The van der Waals surface area contributed by atoms with E-state index in [9.17, 15) is 22.8 Å². The molecule has 2 fully saturated rings. The van der Waals surface area contributed by atoms with Crippen LogP contribution in [-0.2, 0) is 11.2 Å². The van der Waals surface area contributed by atoms with Crippen LogP contribution in [0.5, 0.6) is 0 Å². The first-order valence-corrected chi connectivity index (χ1v) is 10.9. The van der Waals surface area contributed by atoms with Gasteiger partial charge >= 0.3 is 0 Å². The summed E-state index contributed by atoms with van der Waals surface area (Å²) in [5, 5.41) is 0. The Morgan fingerprint density at radius 2 is 1.78 bits per heavy atom. The fraction of sp³-hybridized carbons (Fsp3) is 0.522. The molecule has 32 heavy (non-hydrogen) atoms. The Morgan fingerprint density at radius 1 is 1.12 bits per heavy atom. The summed E-state index contributed by atoms with van der Waals surface area (Å²) in [4.78, 5) is 30.9. The number of benzene rings is 1. The Kier molecular flexibility index (Phi) is 6.37. The first-order chi connectivity index (χ1) is 15.2. The van der Waals surface area contributed by atoms with Gasteiger partial charge in [-0.2, -0.15) is 0 Å². The van der Waals surface area contributed by atoms with Crippen molar-refractivity contribution in [2.45, 2.75) is 70.0 Å². The van der Waals surface area contributed by atoms with Gasteiger partial charge in [-0.25, -0.2) is 18.2 Å². The van der Waals surface area contributed by atoms with Gasteiger partial charge in [-0.05, 0) is 56.6 Å². The summed E-state index contributed by atoms with van der Waals surface area (Å²) in [7, 11) is 0. The molecule has 2 aromatic rings. The predicted octanol–water partition coefficient (Wildman–Crippen LogP) is 3.70. The van der Waals surface area contributed by atoms with Gasteiger partial charge < -0.3 is 15.1 Å². The highest BCUT2D eigenvalue weighted by Crippen LogP contribution is 2.40. The lowest BCUT2D eigenvalue weighted by molar-refractivity contribution is -0.136. The zero-order valence-electron chi connectivity index (χ0n) is 17.8. The zero-order valence-corrected chi connectivity index (χ0v) is 17.8. The van der Waals surface area contributed by atoms with E-state index in [1.165, 1.54) is 6.39 Å². The number of halogens is 3. The smallest absolute Gasteiger partial charge is 0.223 e. The Bertz CT molecular complexity index is 1010. The quantitative estimate of drug-likeness (QED) is 0.514. The van der Waals surface area contributed by atoms with Crippen molar-refractivity contribution in [1.29, 1.82) is 0 Å². The molecule has 1 aromatic carbocycles. The molecule has 2 bridgehead atoms. The molecule has 6 nitrogen and oxygen atoms in total. The van der Waals surface area contributed by atoms with Crippen molar-refractivity contribution >= 4 is 11.7 Å². The highest BCUT2D eigenvalue weighted by Gasteiger charge is 2.44. The second kappa shape index (κ2) is 9.05. The maximum absolute atomic E-state index is 14.0. The number of aryl methyl sites for hydroxylation is 1. The van der Waals surface area contributed by atoms with E-state index in [0.717, 1.165) is 18.9 Å². The summed E-state index contributed by atoms with van der Waals surface area (Å²) in [5.41, 5.74) is 6.90. The first-order valence-electron chi connectivity index (χ1n) is 10.9. The highest BCUT2D eigenvalue weighted by atomic mass is 19.2. The lowest BCUT2D eigenvalue weighted by Gasteiger charge is -2.41. The normalized spacial score (nSPS) is 23.4. The fourth-order valence-corrected chi connectivity index (χ4v) is 5.15. The topological polar surface area (TPSA) is 89.4 Å². The van der Waals surface area contributed by atoms with Crippen LogP contribution in [0.2, 0.25) is 0 Å². The number of hydrogen-bond donors (Lipinski definition) is 1. The number of aromatic nitrogens is 1. The summed E-state index contributed by atoms with van der Waals surface area (Å²) < 4.78 is 45.8. The van der Waals surface area contributed by atoms with E-state index >= 15 is 0 Å². The van der Waals surface area contributed by atoms with Crippen LogP contribution in [0.15, 0.2) is 22.9 Å². The van der Waals surface area contributed by atoms with Crippen molar-refractivity contribution in [3.05, 3.63) is 53.0 Å². The molecule has 3 heterocycles. The van der Waals surface area contributed by atoms with Crippen LogP contribution in [0, 0.1) is 30.3 Å². The third-order valence-corrected chi connectivity index (χ3v) is 6.77. The van der Waals surface area contributed by atoms with Crippen molar-refractivity contribution < 1.29 is 27.2 Å². The molecular formula is C23H26F3N3O3. The first kappa shape index (κ1) is 22.5. The summed E-state index contributed by atoms with van der Waals surface area (Å²) in [6.07, 6.45) is 4.53. The molecule has 0 saturated carbocycles. The van der Waals surface area contributed by atoms with Crippen LogP contribution < -0.4 is 5.73 Å². The van der Waals surface area contributed by atoms with E-state index in [4.69, 9.17) is 10.2 Å². The Morgan fingerprint density at radius 3 is 2.41 bits per heavy atom. The van der Waals surface area contributed by atoms with Gasteiger partial charge in [0.25, 0.3) is 0 Å². The highest BCUT2D eigenvalue weighted by molar-refractivity contribution is 5.96. The summed E-state index contributed by atoms with van der Waals surface area (Å²) in [5.74, 6) is -3.20. The Balaban J connectivity index is 1.35. The third kappa shape index (κ3) is 4.44. The number of nitrogens with zero attached hydrogens (tertiary/aromatic N) is 2. The number of amides is 1. The minimum atomic E-state index is -1.22. The number of piperidine rings is 1. The van der Waals surface area contributed by atoms with Crippen LogP contribution in [0.3, 0.4) is 0 Å². The van der Waals surface area contributed by atoms with Crippen LogP contribution in [-0.4, -0.2) is 39.7 Å². The van der Waals surface area contributed by atoms with Crippen LogP contribution in [0.25, 0.3) is 0 Å². The molecule has 2 aliphatic rings. The van der Waals surface area contributed by atoms with Crippen molar-refractivity contribution in [2.75, 3.05) is 0 Å². The van der Waals surface area contributed by atoms with E-state index in [2.05, 4.69) is 4.98 Å². The molecule has 0 radical (unpaired) electrons. The summed E-state index contributed by atoms with van der Waals surface area (Å²) >= 11 is 0. The van der Waals surface area contributed by atoms with E-state index in [-0.39, 0.29) is 60.3 Å². The maximum atomic E-state index is 14.0. The molecule has 2 saturated heterocycles. The molecule has 1 unspecified atom stereocenters. The van der Waals surface area contributed by atoms with Gasteiger partial charge in [0.15, 0.2) is 29.6 Å². The van der Waals surface area contributed by atoms with Crippen LogP contribution in [0.1, 0.15) is 60.3 Å². The number of rotatable bonds is 7. The van der Waals surface area contributed by atoms with Crippen molar-refractivity contribution in [2.24, 2.45) is 11.7 Å². The molecule has 0 spiro atoms. The number of hydrogen-bond acceptors (Lipinski definition) is 5. The van der Waals surface area contributed by atoms with Crippen LogP contribution >= 0.6 is 0 Å². The van der Waals surface area contributed by atoms with Gasteiger partial charge in [0, 0.05) is 37.0 Å². The zero-order chi connectivity index (χ0) is 23.0. The SMILES string of the molecule is Cc1ncoc1C(=O)CCC(=O)N1[C@@H]2CC[C@H]1CC([C@H](N)Cc1cc(F)c(F)cc1F)C2. The second-order valence-corrected chi connectivity index (χ2v) is 8.83. The minimum absolute atomic E-state index is 0.0224. The van der Waals surface area contributed by atoms with E-state index in [1.54, 1.807) is 6.92 Å². The molecule has 4 atom stereocenters. The average Bonchev–Trinajstić information content (AvgIpc) is 3.29. The minimum Gasteiger partial charge on any atom is -0.440 e. The Labute approximate surface area is 184 Å². The van der Waals surface area contributed by atoms with Crippen molar-refractivity contribution in [1.82, 2.24) is 9.88 Å². The number of oxazole rings is 1. The van der Waals surface area contributed by atoms with Gasteiger partial charge in [0.1, 0.15) is 5.82 Å². The molecule has 1 amide bonds. The van der Waals surface area contributed by atoms with Gasteiger partial charge in [-0.3, -0.25) is 9.59 Å². The molecule has 9 heteroatoms. The lowest BCUT2D eigenvalue weighted by Crippen LogP contribution is -2.50. The van der Waals surface area contributed by atoms with Crippen molar-refractivity contribution in [3.63, 3.8) is 0 Å². The number of fused-ring (bicyclic) bond motifs is 2. The van der Waals surface area contributed by atoms with Crippen LogP contribution in [0.4, 0.5) is 13.2 Å². The standard InChI is InChI=1S/C23H26F3N3O3/c1-12-23(32-11-28-12)21(30)4-5-22(31)29-15-2-3-16(29)7-14(6-15)20(27)9-13-8-18(25)19(26)10-17(13)24/h8,10-11,14-16,20H,2-7,9,27H2,1H3/t14?,15-,16+,20-/m1/s1. The maximum Gasteiger partial charge on any atom is 0.223 e. The average molecular weight is 449 g/mol. The van der Waals surface area contributed by atoms with E-state index in [1.807, 2.05) is 4.90 Å². The van der Waals surface area contributed by atoms with Gasteiger partial charge in [-0.15, -0.1) is 0 Å². The largest absolute Gasteiger partial charge is 0.440 e. The van der Waals surface area contributed by atoms with Crippen molar-refractivity contribution in [3.8, 4) is 0 Å². The Hall–Kier alpha value is -2.68. The summed E-state index contributed by atoms with van der Waals surface area (Å²) in [6, 6.07) is 1.03.